The van der Waals surface area contributed by atoms with Crippen LogP contribution in [0, 0.1) is 6.92 Å². The second-order valence-corrected chi connectivity index (χ2v) is 7.91. The fourth-order valence-corrected chi connectivity index (χ4v) is 3.83. The van der Waals surface area contributed by atoms with Crippen LogP contribution in [0.25, 0.3) is 0 Å². The zero-order chi connectivity index (χ0) is 20.8. The summed E-state index contributed by atoms with van der Waals surface area (Å²) in [7, 11) is 0. The van der Waals surface area contributed by atoms with Gasteiger partial charge < -0.3 is 15.0 Å². The van der Waals surface area contributed by atoms with Crippen molar-refractivity contribution in [3.63, 3.8) is 0 Å². The SMILES string of the molecule is Cc1ccc(CNC(=O)c2ccc(OCC(=O)N3C(C)CCCC3C)cc2)cc1. The number of hydrogen-bond acceptors (Lipinski definition) is 3. The number of carbonyl (C=O) groups is 2. The number of likely N-dealkylation sites (tertiary alicyclic amines) is 1. The van der Waals surface area contributed by atoms with Crippen LogP contribution >= 0.6 is 0 Å². The normalized spacial score (nSPS) is 18.9. The smallest absolute Gasteiger partial charge is 0.260 e. The van der Waals surface area contributed by atoms with Crippen molar-refractivity contribution in [2.24, 2.45) is 0 Å². The number of hydrogen-bond donors (Lipinski definition) is 1. The number of amides is 2. The maximum absolute atomic E-state index is 12.5. The lowest BCUT2D eigenvalue weighted by Gasteiger charge is -2.38. The van der Waals surface area contributed by atoms with Crippen molar-refractivity contribution in [3.8, 4) is 5.75 Å². The fraction of sp³-hybridized carbons (Fsp3) is 0.417. The fourth-order valence-electron chi connectivity index (χ4n) is 3.83. The molecule has 1 aliphatic heterocycles. The van der Waals surface area contributed by atoms with E-state index in [1.165, 1.54) is 12.0 Å². The van der Waals surface area contributed by atoms with Gasteiger partial charge in [-0.15, -0.1) is 0 Å². The molecule has 5 heteroatoms. The van der Waals surface area contributed by atoms with Crippen LogP contribution in [0.5, 0.6) is 5.75 Å². The molecule has 2 aromatic carbocycles. The van der Waals surface area contributed by atoms with E-state index in [9.17, 15) is 9.59 Å². The van der Waals surface area contributed by atoms with E-state index < -0.39 is 0 Å². The summed E-state index contributed by atoms with van der Waals surface area (Å²) in [6.07, 6.45) is 3.26. The van der Waals surface area contributed by atoms with E-state index in [4.69, 9.17) is 4.74 Å². The predicted molar refractivity (Wildman–Crippen MR) is 114 cm³/mol. The highest BCUT2D eigenvalue weighted by molar-refractivity contribution is 5.94. The Labute approximate surface area is 173 Å². The molecule has 1 aliphatic rings. The van der Waals surface area contributed by atoms with Gasteiger partial charge in [-0.05, 0) is 69.9 Å². The average molecular weight is 395 g/mol. The van der Waals surface area contributed by atoms with Gasteiger partial charge in [0.25, 0.3) is 11.8 Å². The first-order chi connectivity index (χ1) is 13.9. The molecule has 1 fully saturated rings. The van der Waals surface area contributed by atoms with Crippen LogP contribution in [0.2, 0.25) is 0 Å². The second-order valence-electron chi connectivity index (χ2n) is 7.91. The maximum Gasteiger partial charge on any atom is 0.260 e. The Balaban J connectivity index is 1.49. The van der Waals surface area contributed by atoms with Gasteiger partial charge in [0.1, 0.15) is 5.75 Å². The quantitative estimate of drug-likeness (QED) is 0.803. The van der Waals surface area contributed by atoms with E-state index in [1.807, 2.05) is 36.1 Å². The number of piperidine rings is 1. The Morgan fingerprint density at radius 1 is 1.00 bits per heavy atom. The van der Waals surface area contributed by atoms with Crippen LogP contribution in [0.15, 0.2) is 48.5 Å². The molecular formula is C24H30N2O3. The molecule has 0 aliphatic carbocycles. The lowest BCUT2D eigenvalue weighted by atomic mass is 9.97. The number of nitrogens with one attached hydrogen (secondary N) is 1. The molecule has 2 unspecified atom stereocenters. The number of ether oxygens (including phenoxy) is 1. The first-order valence-electron chi connectivity index (χ1n) is 10.3. The lowest BCUT2D eigenvalue weighted by Crippen LogP contribution is -2.49. The molecule has 2 aromatic rings. The van der Waals surface area contributed by atoms with Gasteiger partial charge in [-0.3, -0.25) is 9.59 Å². The third-order valence-corrected chi connectivity index (χ3v) is 5.53. The van der Waals surface area contributed by atoms with Gasteiger partial charge in [-0.2, -0.15) is 0 Å². The van der Waals surface area contributed by atoms with Gasteiger partial charge in [0.15, 0.2) is 6.61 Å². The van der Waals surface area contributed by atoms with Crippen molar-refractivity contribution >= 4 is 11.8 Å². The monoisotopic (exact) mass is 394 g/mol. The van der Waals surface area contributed by atoms with Crippen molar-refractivity contribution in [1.82, 2.24) is 10.2 Å². The molecule has 1 saturated heterocycles. The molecule has 0 radical (unpaired) electrons. The van der Waals surface area contributed by atoms with E-state index in [-0.39, 0.29) is 30.5 Å². The van der Waals surface area contributed by atoms with Crippen molar-refractivity contribution in [2.75, 3.05) is 6.61 Å². The standard InChI is InChI=1S/C24H30N2O3/c1-17-7-9-20(10-8-17)15-25-24(28)21-11-13-22(14-12-21)29-16-23(27)26-18(2)5-4-6-19(26)3/h7-14,18-19H,4-6,15-16H2,1-3H3,(H,25,28). The third-order valence-electron chi connectivity index (χ3n) is 5.53. The van der Waals surface area contributed by atoms with Gasteiger partial charge in [-0.1, -0.05) is 29.8 Å². The summed E-state index contributed by atoms with van der Waals surface area (Å²) in [5.74, 6) is 0.472. The predicted octanol–water partition coefficient (Wildman–Crippen LogP) is 4.09. The van der Waals surface area contributed by atoms with E-state index in [2.05, 4.69) is 19.2 Å². The molecule has 29 heavy (non-hydrogen) atoms. The Bertz CT molecular complexity index is 820. The average Bonchev–Trinajstić information content (AvgIpc) is 2.72. The van der Waals surface area contributed by atoms with Crippen LogP contribution in [0.1, 0.15) is 54.6 Å². The zero-order valence-electron chi connectivity index (χ0n) is 17.5. The summed E-state index contributed by atoms with van der Waals surface area (Å²) >= 11 is 0. The Kier molecular flexibility index (Phi) is 6.91. The number of benzene rings is 2. The minimum absolute atomic E-state index is 0.0182. The highest BCUT2D eigenvalue weighted by atomic mass is 16.5. The minimum Gasteiger partial charge on any atom is -0.484 e. The molecular weight excluding hydrogens is 364 g/mol. The summed E-state index contributed by atoms with van der Waals surface area (Å²) in [4.78, 5) is 26.8. The van der Waals surface area contributed by atoms with Gasteiger partial charge in [-0.25, -0.2) is 0 Å². The molecule has 0 spiro atoms. The molecule has 2 amide bonds. The number of carbonyl (C=O) groups excluding carboxylic acids is 2. The van der Waals surface area contributed by atoms with Crippen LogP contribution < -0.4 is 10.1 Å². The summed E-state index contributed by atoms with van der Waals surface area (Å²) < 4.78 is 5.67. The molecule has 1 heterocycles. The molecule has 2 atom stereocenters. The zero-order valence-corrected chi connectivity index (χ0v) is 17.5. The maximum atomic E-state index is 12.5. The molecule has 0 aromatic heterocycles. The van der Waals surface area contributed by atoms with Gasteiger partial charge in [0, 0.05) is 24.2 Å². The molecule has 0 bridgehead atoms. The van der Waals surface area contributed by atoms with E-state index in [1.54, 1.807) is 24.3 Å². The number of nitrogens with zero attached hydrogens (tertiary/aromatic N) is 1. The Morgan fingerprint density at radius 3 is 2.24 bits per heavy atom. The van der Waals surface area contributed by atoms with E-state index in [0.29, 0.717) is 17.9 Å². The topological polar surface area (TPSA) is 58.6 Å². The summed E-state index contributed by atoms with van der Waals surface area (Å²) in [5.41, 5.74) is 2.82. The largest absolute Gasteiger partial charge is 0.484 e. The lowest BCUT2D eigenvalue weighted by molar-refractivity contribution is -0.139. The molecule has 0 saturated carbocycles. The first-order valence-corrected chi connectivity index (χ1v) is 10.3. The van der Waals surface area contributed by atoms with Gasteiger partial charge >= 0.3 is 0 Å². The van der Waals surface area contributed by atoms with Crippen LogP contribution in [0.3, 0.4) is 0 Å². The van der Waals surface area contributed by atoms with Crippen molar-refractivity contribution in [1.29, 1.82) is 0 Å². The molecule has 5 nitrogen and oxygen atoms in total. The Morgan fingerprint density at radius 2 is 1.62 bits per heavy atom. The summed E-state index contributed by atoms with van der Waals surface area (Å²) in [6.45, 7) is 6.73. The highest BCUT2D eigenvalue weighted by Gasteiger charge is 2.28. The molecule has 3 rings (SSSR count). The number of aryl methyl sites for hydroxylation is 1. The minimum atomic E-state index is -0.135. The van der Waals surface area contributed by atoms with Crippen molar-refractivity contribution in [3.05, 3.63) is 65.2 Å². The molecule has 1 N–H and O–H groups in total. The summed E-state index contributed by atoms with van der Waals surface area (Å²) in [6, 6.07) is 15.5. The second kappa shape index (κ2) is 9.59. The number of rotatable bonds is 6. The van der Waals surface area contributed by atoms with Crippen molar-refractivity contribution < 1.29 is 14.3 Å². The highest BCUT2D eigenvalue weighted by Crippen LogP contribution is 2.23. The first kappa shape index (κ1) is 20.9. The van der Waals surface area contributed by atoms with Gasteiger partial charge in [0.2, 0.25) is 0 Å². The van der Waals surface area contributed by atoms with Crippen molar-refractivity contribution in [2.45, 2.75) is 58.7 Å². The third kappa shape index (κ3) is 5.59. The van der Waals surface area contributed by atoms with Gasteiger partial charge in [0.05, 0.1) is 0 Å². The van der Waals surface area contributed by atoms with Crippen LogP contribution in [-0.4, -0.2) is 35.4 Å². The van der Waals surface area contributed by atoms with E-state index >= 15 is 0 Å². The summed E-state index contributed by atoms with van der Waals surface area (Å²) in [5, 5.41) is 2.92. The van der Waals surface area contributed by atoms with Crippen LogP contribution in [-0.2, 0) is 11.3 Å². The Hall–Kier alpha value is -2.82. The van der Waals surface area contributed by atoms with Crippen LogP contribution in [0.4, 0.5) is 0 Å². The van der Waals surface area contributed by atoms with E-state index in [0.717, 1.165) is 18.4 Å². The molecule has 154 valence electrons.